The molecule has 4 rings (SSSR count). The van der Waals surface area contributed by atoms with Gasteiger partial charge in [0.25, 0.3) is 5.91 Å². The molecule has 2 aromatic heterocycles. The Morgan fingerprint density at radius 3 is 2.66 bits per heavy atom. The van der Waals surface area contributed by atoms with Crippen molar-refractivity contribution in [2.24, 2.45) is 0 Å². The second-order valence-electron chi connectivity index (χ2n) is 7.57. The van der Waals surface area contributed by atoms with Crippen LogP contribution in [0, 0.1) is 13.8 Å². The van der Waals surface area contributed by atoms with Gasteiger partial charge in [-0.2, -0.15) is 5.10 Å². The Morgan fingerprint density at radius 1 is 1.16 bits per heavy atom. The Labute approximate surface area is 185 Å². The van der Waals surface area contributed by atoms with Gasteiger partial charge in [-0.05, 0) is 56.7 Å². The molecule has 3 heterocycles. The quantitative estimate of drug-likeness (QED) is 0.599. The molecule has 3 aromatic rings. The number of hydrogen-bond donors (Lipinski definition) is 1. The number of amides is 2. The summed E-state index contributed by atoms with van der Waals surface area (Å²) in [5, 5.41) is 7.04. The van der Waals surface area contributed by atoms with Crippen LogP contribution >= 0.6 is 0 Å². The van der Waals surface area contributed by atoms with Crippen LogP contribution in [-0.2, 0) is 14.3 Å². The number of anilines is 2. The highest BCUT2D eigenvalue weighted by Gasteiger charge is 2.22. The number of nitrogens with one attached hydrogen (secondary N) is 1. The minimum absolute atomic E-state index is 0.0693. The summed E-state index contributed by atoms with van der Waals surface area (Å²) in [5.74, 6) is -0.472. The highest BCUT2D eigenvalue weighted by molar-refractivity contribution is 5.98. The molecule has 1 fully saturated rings. The van der Waals surface area contributed by atoms with Crippen molar-refractivity contribution in [3.8, 4) is 5.82 Å². The number of esters is 1. The molecule has 1 aromatic carbocycles. The fourth-order valence-electron chi connectivity index (χ4n) is 3.58. The average molecular weight is 433 g/mol. The van der Waals surface area contributed by atoms with E-state index in [9.17, 15) is 14.4 Å². The first kappa shape index (κ1) is 21.2. The Bertz CT molecular complexity index is 1170. The van der Waals surface area contributed by atoms with Gasteiger partial charge in [0.15, 0.2) is 12.4 Å². The molecule has 1 aliphatic rings. The van der Waals surface area contributed by atoms with Gasteiger partial charge in [-0.1, -0.05) is 6.07 Å². The third-order valence-electron chi connectivity index (χ3n) is 5.06. The number of benzene rings is 1. The number of pyridine rings is 1. The lowest BCUT2D eigenvalue weighted by molar-refractivity contribution is -0.119. The number of aryl methyl sites for hydroxylation is 2. The molecule has 0 bridgehead atoms. The predicted molar refractivity (Wildman–Crippen MR) is 118 cm³/mol. The van der Waals surface area contributed by atoms with Crippen LogP contribution in [0.5, 0.6) is 0 Å². The van der Waals surface area contributed by atoms with Crippen molar-refractivity contribution in [3.63, 3.8) is 0 Å². The highest BCUT2D eigenvalue weighted by atomic mass is 16.5. The maximum Gasteiger partial charge on any atom is 0.340 e. The van der Waals surface area contributed by atoms with Crippen molar-refractivity contribution in [1.82, 2.24) is 14.8 Å². The van der Waals surface area contributed by atoms with Crippen LogP contribution in [0.1, 0.15) is 34.6 Å². The summed E-state index contributed by atoms with van der Waals surface area (Å²) in [6.07, 6.45) is 2.74. The maximum atomic E-state index is 12.3. The van der Waals surface area contributed by atoms with Crippen molar-refractivity contribution in [2.75, 3.05) is 23.4 Å². The molecule has 0 radical (unpaired) electrons. The molecule has 9 nitrogen and oxygen atoms in total. The number of aromatic nitrogens is 3. The van der Waals surface area contributed by atoms with Gasteiger partial charge in [-0.15, -0.1) is 0 Å². The van der Waals surface area contributed by atoms with E-state index in [1.807, 2.05) is 26.0 Å². The molecule has 0 spiro atoms. The van der Waals surface area contributed by atoms with Gasteiger partial charge in [0.2, 0.25) is 5.91 Å². The van der Waals surface area contributed by atoms with Crippen LogP contribution in [0.25, 0.3) is 5.82 Å². The highest BCUT2D eigenvalue weighted by Crippen LogP contribution is 2.24. The van der Waals surface area contributed by atoms with Gasteiger partial charge in [-0.25, -0.2) is 14.5 Å². The minimum Gasteiger partial charge on any atom is -0.452 e. The Hall–Kier alpha value is -4.01. The van der Waals surface area contributed by atoms with E-state index in [4.69, 9.17) is 4.74 Å². The molecular formula is C23H23N5O4. The van der Waals surface area contributed by atoms with Crippen LogP contribution in [-0.4, -0.2) is 45.7 Å². The number of carbonyl (C=O) groups is 3. The molecule has 2 amide bonds. The SMILES string of the molecule is Cc1cc(C)n(-c2ccc(C(=O)OCC(=O)Nc3cccc(N4CCCC4=O)c3)cn2)n1. The molecule has 1 aliphatic heterocycles. The minimum atomic E-state index is -0.649. The van der Waals surface area contributed by atoms with Crippen LogP contribution < -0.4 is 10.2 Å². The first-order valence-electron chi connectivity index (χ1n) is 10.3. The summed E-state index contributed by atoms with van der Waals surface area (Å²) < 4.78 is 6.79. The predicted octanol–water partition coefficient (Wildman–Crippen LogP) is 2.81. The lowest BCUT2D eigenvalue weighted by Crippen LogP contribution is -2.24. The zero-order chi connectivity index (χ0) is 22.7. The maximum absolute atomic E-state index is 12.3. The van der Waals surface area contributed by atoms with Gasteiger partial charge in [-0.3, -0.25) is 9.59 Å². The fraction of sp³-hybridized carbons (Fsp3) is 0.261. The molecule has 0 atom stereocenters. The molecular weight excluding hydrogens is 410 g/mol. The van der Waals surface area contributed by atoms with Crippen molar-refractivity contribution in [1.29, 1.82) is 0 Å². The molecule has 0 saturated carbocycles. The van der Waals surface area contributed by atoms with Crippen molar-refractivity contribution < 1.29 is 19.1 Å². The molecule has 9 heteroatoms. The number of rotatable bonds is 6. The average Bonchev–Trinajstić information content (AvgIpc) is 3.36. The third kappa shape index (κ3) is 4.66. The van der Waals surface area contributed by atoms with Crippen molar-refractivity contribution in [3.05, 3.63) is 65.6 Å². The van der Waals surface area contributed by atoms with E-state index in [1.165, 1.54) is 6.20 Å². The van der Waals surface area contributed by atoms with E-state index in [0.717, 1.165) is 23.5 Å². The molecule has 32 heavy (non-hydrogen) atoms. The van der Waals surface area contributed by atoms with E-state index < -0.39 is 18.5 Å². The summed E-state index contributed by atoms with van der Waals surface area (Å²) in [5.41, 5.74) is 3.30. The standard InChI is InChI=1S/C23H23N5O4/c1-15-11-16(2)28(26-15)20-9-8-17(13-24-20)23(31)32-14-21(29)25-18-5-3-6-19(12-18)27-10-4-7-22(27)30/h3,5-6,8-9,11-13H,4,7,10,14H2,1-2H3,(H,25,29). The topological polar surface area (TPSA) is 106 Å². The third-order valence-corrected chi connectivity index (χ3v) is 5.06. The number of ether oxygens (including phenoxy) is 1. The molecule has 0 aliphatic carbocycles. The number of nitrogens with zero attached hydrogens (tertiary/aromatic N) is 4. The van der Waals surface area contributed by atoms with E-state index >= 15 is 0 Å². The van der Waals surface area contributed by atoms with Gasteiger partial charge in [0, 0.05) is 36.2 Å². The smallest absolute Gasteiger partial charge is 0.340 e. The first-order valence-corrected chi connectivity index (χ1v) is 10.3. The molecule has 1 N–H and O–H groups in total. The van der Waals surface area contributed by atoms with E-state index in [0.29, 0.717) is 24.5 Å². The van der Waals surface area contributed by atoms with Gasteiger partial charge >= 0.3 is 5.97 Å². The van der Waals surface area contributed by atoms with Crippen LogP contribution in [0.15, 0.2) is 48.7 Å². The van der Waals surface area contributed by atoms with Crippen molar-refractivity contribution >= 4 is 29.2 Å². The van der Waals surface area contributed by atoms with E-state index in [1.54, 1.807) is 39.9 Å². The first-order chi connectivity index (χ1) is 15.4. The number of carbonyl (C=O) groups excluding carboxylic acids is 3. The fourth-order valence-corrected chi connectivity index (χ4v) is 3.58. The second kappa shape index (κ2) is 9.01. The Morgan fingerprint density at radius 2 is 2.00 bits per heavy atom. The van der Waals surface area contributed by atoms with Gasteiger partial charge in [0.05, 0.1) is 11.3 Å². The summed E-state index contributed by atoms with van der Waals surface area (Å²) in [7, 11) is 0. The second-order valence-corrected chi connectivity index (χ2v) is 7.57. The Kier molecular flexibility index (Phi) is 5.98. The zero-order valence-electron chi connectivity index (χ0n) is 17.9. The van der Waals surface area contributed by atoms with Crippen LogP contribution in [0.4, 0.5) is 11.4 Å². The van der Waals surface area contributed by atoms with E-state index in [-0.39, 0.29) is 11.5 Å². The summed E-state index contributed by atoms with van der Waals surface area (Å²) in [6, 6.07) is 12.2. The zero-order valence-corrected chi connectivity index (χ0v) is 17.9. The monoisotopic (exact) mass is 433 g/mol. The van der Waals surface area contributed by atoms with Crippen LogP contribution in [0.3, 0.4) is 0 Å². The molecule has 164 valence electrons. The molecule has 1 saturated heterocycles. The van der Waals surface area contributed by atoms with Crippen LogP contribution in [0.2, 0.25) is 0 Å². The Balaban J connectivity index is 1.33. The largest absolute Gasteiger partial charge is 0.452 e. The van der Waals surface area contributed by atoms with E-state index in [2.05, 4.69) is 15.4 Å². The van der Waals surface area contributed by atoms with Gasteiger partial charge < -0.3 is 15.0 Å². The number of hydrogen-bond acceptors (Lipinski definition) is 6. The normalized spacial score (nSPS) is 13.3. The van der Waals surface area contributed by atoms with Crippen molar-refractivity contribution in [2.45, 2.75) is 26.7 Å². The summed E-state index contributed by atoms with van der Waals surface area (Å²) in [6.45, 7) is 4.04. The summed E-state index contributed by atoms with van der Waals surface area (Å²) in [4.78, 5) is 42.4. The molecule has 0 unspecified atom stereocenters. The van der Waals surface area contributed by atoms with Gasteiger partial charge in [0.1, 0.15) is 0 Å². The summed E-state index contributed by atoms with van der Waals surface area (Å²) >= 11 is 0. The lowest BCUT2D eigenvalue weighted by Gasteiger charge is -2.16. The lowest BCUT2D eigenvalue weighted by atomic mass is 10.2.